The zero-order valence-corrected chi connectivity index (χ0v) is 16.4. The van der Waals surface area contributed by atoms with Gasteiger partial charge >= 0.3 is 0 Å². The molecule has 1 aromatic carbocycles. The van der Waals surface area contributed by atoms with Gasteiger partial charge in [0, 0.05) is 46.8 Å². The van der Waals surface area contributed by atoms with Crippen LogP contribution in [0.25, 0.3) is 16.6 Å². The molecule has 2 unspecified atom stereocenters. The highest BCUT2D eigenvalue weighted by Gasteiger charge is 2.32. The molecule has 4 N–H and O–H groups in total. The fraction of sp³-hybridized carbons (Fsp3) is 0.364. The van der Waals surface area contributed by atoms with Gasteiger partial charge in [0.2, 0.25) is 0 Å². The lowest BCUT2D eigenvalue weighted by Crippen LogP contribution is -2.37. The number of allylic oxidation sites excluding steroid dienone is 1. The van der Waals surface area contributed by atoms with Crippen molar-refractivity contribution in [2.75, 3.05) is 13.1 Å². The van der Waals surface area contributed by atoms with E-state index in [1.807, 2.05) is 26.1 Å². The van der Waals surface area contributed by atoms with Crippen molar-refractivity contribution in [1.29, 1.82) is 5.41 Å². The van der Waals surface area contributed by atoms with Crippen LogP contribution in [0.3, 0.4) is 0 Å². The molecule has 0 spiro atoms. The minimum atomic E-state index is 0.0889. The minimum absolute atomic E-state index is 0.0889. The molecule has 3 rings (SSSR count). The summed E-state index contributed by atoms with van der Waals surface area (Å²) in [6.45, 7) is 11.7. The van der Waals surface area contributed by atoms with Crippen LogP contribution in [0.4, 0.5) is 0 Å². The summed E-state index contributed by atoms with van der Waals surface area (Å²) in [6, 6.07) is 8.49. The highest BCUT2D eigenvalue weighted by Crippen LogP contribution is 2.25. The van der Waals surface area contributed by atoms with E-state index in [2.05, 4.69) is 53.0 Å². The number of hydrogen-bond acceptors (Lipinski definition) is 5. The molecule has 1 aromatic heterocycles. The first-order valence-corrected chi connectivity index (χ1v) is 9.41. The molecule has 5 nitrogen and oxygen atoms in total. The van der Waals surface area contributed by atoms with Crippen molar-refractivity contribution in [2.45, 2.75) is 39.3 Å². The number of likely N-dealkylation sites (tertiary alicyclic amines) is 1. The molecule has 0 amide bonds. The number of pyridine rings is 1. The van der Waals surface area contributed by atoms with Crippen molar-refractivity contribution in [3.05, 3.63) is 59.9 Å². The number of nitrogens with two attached hydrogens (primary N) is 1. The number of benzene rings is 1. The van der Waals surface area contributed by atoms with Gasteiger partial charge in [0.15, 0.2) is 0 Å². The number of hydrogen-bond donors (Lipinski definition) is 3. The molecular formula is C22H29N5. The predicted molar refractivity (Wildman–Crippen MR) is 114 cm³/mol. The molecule has 27 heavy (non-hydrogen) atoms. The van der Waals surface area contributed by atoms with Gasteiger partial charge in [0.05, 0.1) is 18.1 Å². The van der Waals surface area contributed by atoms with Crippen LogP contribution in [0.15, 0.2) is 48.8 Å². The molecule has 1 aliphatic heterocycles. The molecular weight excluding hydrogens is 334 g/mol. The molecule has 2 heterocycles. The standard InChI is InChI=1S/C22H29N5/c1-5-18(27-13-17(24)11-22(27)15(3)23)12-26-16(4)19-8-9-25-21-10-14(2)6-7-20(19)21/h5-10,17,22-23,26H,4,11-13,24H2,1-3H3/b18-5+,23-15?. The van der Waals surface area contributed by atoms with Crippen molar-refractivity contribution in [1.82, 2.24) is 15.2 Å². The van der Waals surface area contributed by atoms with Crippen LogP contribution in [0.1, 0.15) is 31.4 Å². The Kier molecular flexibility index (Phi) is 5.61. The lowest BCUT2D eigenvalue weighted by Gasteiger charge is -2.29. The van der Waals surface area contributed by atoms with Crippen molar-refractivity contribution >= 4 is 22.3 Å². The van der Waals surface area contributed by atoms with Gasteiger partial charge in [-0.15, -0.1) is 0 Å². The Morgan fingerprint density at radius 3 is 2.93 bits per heavy atom. The Morgan fingerprint density at radius 2 is 2.22 bits per heavy atom. The van der Waals surface area contributed by atoms with Gasteiger partial charge in [0.1, 0.15) is 0 Å². The molecule has 0 bridgehead atoms. The summed E-state index contributed by atoms with van der Waals surface area (Å²) >= 11 is 0. The van der Waals surface area contributed by atoms with Crippen molar-refractivity contribution in [3.63, 3.8) is 0 Å². The molecule has 1 saturated heterocycles. The Balaban J connectivity index is 1.76. The zero-order chi connectivity index (χ0) is 19.6. The monoisotopic (exact) mass is 363 g/mol. The van der Waals surface area contributed by atoms with Gasteiger partial charge in [-0.1, -0.05) is 24.8 Å². The van der Waals surface area contributed by atoms with Crippen LogP contribution in [-0.4, -0.2) is 40.8 Å². The number of fused-ring (bicyclic) bond motifs is 1. The second-order valence-electron chi connectivity index (χ2n) is 7.34. The summed E-state index contributed by atoms with van der Waals surface area (Å²) in [6.07, 6.45) is 4.76. The molecule has 142 valence electrons. The largest absolute Gasteiger partial charge is 0.379 e. The van der Waals surface area contributed by atoms with Gasteiger partial charge < -0.3 is 21.4 Å². The van der Waals surface area contributed by atoms with Crippen molar-refractivity contribution in [3.8, 4) is 0 Å². The van der Waals surface area contributed by atoms with Crippen LogP contribution < -0.4 is 11.1 Å². The molecule has 2 aromatic rings. The van der Waals surface area contributed by atoms with Gasteiger partial charge in [0.25, 0.3) is 0 Å². The van der Waals surface area contributed by atoms with E-state index in [1.54, 1.807) is 0 Å². The average molecular weight is 364 g/mol. The molecule has 0 saturated carbocycles. The first-order valence-electron chi connectivity index (χ1n) is 9.41. The maximum absolute atomic E-state index is 8.07. The predicted octanol–water partition coefficient (Wildman–Crippen LogP) is 3.45. The number of nitrogens with one attached hydrogen (secondary N) is 2. The van der Waals surface area contributed by atoms with Crippen molar-refractivity contribution in [2.24, 2.45) is 5.73 Å². The van der Waals surface area contributed by atoms with Crippen LogP contribution >= 0.6 is 0 Å². The van der Waals surface area contributed by atoms with E-state index in [0.29, 0.717) is 12.3 Å². The fourth-order valence-corrected chi connectivity index (χ4v) is 3.78. The number of aryl methyl sites for hydroxylation is 1. The zero-order valence-electron chi connectivity index (χ0n) is 16.4. The summed E-state index contributed by atoms with van der Waals surface area (Å²) in [4.78, 5) is 6.72. The highest BCUT2D eigenvalue weighted by atomic mass is 15.2. The summed E-state index contributed by atoms with van der Waals surface area (Å²) in [5, 5.41) is 12.6. The molecule has 0 aliphatic carbocycles. The van der Waals surface area contributed by atoms with Crippen LogP contribution in [0.5, 0.6) is 0 Å². The Bertz CT molecular complexity index is 899. The lowest BCUT2D eigenvalue weighted by atomic mass is 10.0. The van der Waals surface area contributed by atoms with E-state index < -0.39 is 0 Å². The second-order valence-corrected chi connectivity index (χ2v) is 7.34. The second kappa shape index (κ2) is 7.92. The van der Waals surface area contributed by atoms with Gasteiger partial charge in [-0.2, -0.15) is 0 Å². The van der Waals surface area contributed by atoms with E-state index in [1.165, 1.54) is 5.56 Å². The summed E-state index contributed by atoms with van der Waals surface area (Å²) in [5.74, 6) is 0. The topological polar surface area (TPSA) is 78.0 Å². The third kappa shape index (κ3) is 4.03. The molecule has 5 heteroatoms. The average Bonchev–Trinajstić information content (AvgIpc) is 3.03. The van der Waals surface area contributed by atoms with E-state index in [9.17, 15) is 0 Å². The van der Waals surface area contributed by atoms with E-state index in [0.717, 1.165) is 40.8 Å². The number of rotatable bonds is 6. The summed E-state index contributed by atoms with van der Waals surface area (Å²) in [7, 11) is 0. The SMILES string of the molecule is C=C(NC/C(=C\C)N1CC(N)CC1C(C)=N)c1ccnc2cc(C)ccc12. The number of nitrogens with zero attached hydrogens (tertiary/aromatic N) is 2. The van der Waals surface area contributed by atoms with Crippen LogP contribution in [-0.2, 0) is 0 Å². The number of aromatic nitrogens is 1. The molecule has 0 radical (unpaired) electrons. The molecule has 1 aliphatic rings. The maximum atomic E-state index is 8.07. The third-order valence-electron chi connectivity index (χ3n) is 5.24. The van der Waals surface area contributed by atoms with E-state index in [-0.39, 0.29) is 12.1 Å². The first-order chi connectivity index (χ1) is 12.9. The molecule has 1 fully saturated rings. The van der Waals surface area contributed by atoms with Gasteiger partial charge in [-0.3, -0.25) is 4.98 Å². The van der Waals surface area contributed by atoms with E-state index >= 15 is 0 Å². The van der Waals surface area contributed by atoms with Crippen LogP contribution in [0.2, 0.25) is 0 Å². The third-order valence-corrected chi connectivity index (χ3v) is 5.24. The quantitative estimate of drug-likeness (QED) is 0.687. The first kappa shape index (κ1) is 19.1. The minimum Gasteiger partial charge on any atom is -0.379 e. The summed E-state index contributed by atoms with van der Waals surface area (Å²) < 4.78 is 0. The van der Waals surface area contributed by atoms with Gasteiger partial charge in [-0.05, 0) is 44.9 Å². The Hall–Kier alpha value is -2.66. The summed E-state index contributed by atoms with van der Waals surface area (Å²) in [5.41, 5.74) is 12.1. The fourth-order valence-electron chi connectivity index (χ4n) is 3.78. The van der Waals surface area contributed by atoms with Crippen LogP contribution in [0, 0.1) is 12.3 Å². The maximum Gasteiger partial charge on any atom is 0.0711 e. The molecule has 2 atom stereocenters. The Morgan fingerprint density at radius 1 is 1.44 bits per heavy atom. The highest BCUT2D eigenvalue weighted by molar-refractivity contribution is 5.91. The Labute approximate surface area is 161 Å². The van der Waals surface area contributed by atoms with Gasteiger partial charge in [-0.25, -0.2) is 0 Å². The van der Waals surface area contributed by atoms with Crippen molar-refractivity contribution < 1.29 is 0 Å². The van der Waals surface area contributed by atoms with E-state index in [4.69, 9.17) is 11.1 Å². The lowest BCUT2D eigenvalue weighted by molar-refractivity contribution is 0.367. The normalized spacial score (nSPS) is 20.1. The smallest absolute Gasteiger partial charge is 0.0711 e.